The standard InChI is InChI=1S/C10H17NO/c1-2-9-5-8(1)6-10(9)7-11-3-4-12-10/h8-9,11H,1-7H2/t8-,9-,10-/m1/s1. The Labute approximate surface area is 73.7 Å². The van der Waals surface area contributed by atoms with Crippen molar-refractivity contribution in [1.29, 1.82) is 0 Å². The van der Waals surface area contributed by atoms with Crippen molar-refractivity contribution in [3.63, 3.8) is 0 Å². The molecule has 1 saturated heterocycles. The Morgan fingerprint density at radius 1 is 1.33 bits per heavy atom. The van der Waals surface area contributed by atoms with Crippen LogP contribution >= 0.6 is 0 Å². The third-order valence-electron chi connectivity index (χ3n) is 4.01. The molecule has 0 aromatic rings. The summed E-state index contributed by atoms with van der Waals surface area (Å²) in [5.41, 5.74) is 0.279. The highest BCUT2D eigenvalue weighted by Gasteiger charge is 2.52. The van der Waals surface area contributed by atoms with Crippen molar-refractivity contribution in [3.8, 4) is 0 Å². The smallest absolute Gasteiger partial charge is 0.0837 e. The van der Waals surface area contributed by atoms with Crippen molar-refractivity contribution >= 4 is 0 Å². The van der Waals surface area contributed by atoms with Crippen LogP contribution in [0.1, 0.15) is 25.7 Å². The van der Waals surface area contributed by atoms with Gasteiger partial charge in [-0.05, 0) is 37.5 Å². The minimum atomic E-state index is 0.279. The van der Waals surface area contributed by atoms with Gasteiger partial charge < -0.3 is 10.1 Å². The summed E-state index contributed by atoms with van der Waals surface area (Å²) in [4.78, 5) is 0. The third kappa shape index (κ3) is 0.882. The maximum Gasteiger partial charge on any atom is 0.0837 e. The SMILES string of the molecule is C1CO[C@@]2(CN1)C[C@@H]1CC[C@@H]2C1. The second-order valence-electron chi connectivity index (χ2n) is 4.67. The summed E-state index contributed by atoms with van der Waals surface area (Å²) in [7, 11) is 0. The van der Waals surface area contributed by atoms with Gasteiger partial charge in [0.1, 0.15) is 0 Å². The molecule has 2 heteroatoms. The van der Waals surface area contributed by atoms with E-state index in [4.69, 9.17) is 4.74 Å². The normalized spacial score (nSPS) is 52.0. The molecular formula is C10H17NO. The van der Waals surface area contributed by atoms with Gasteiger partial charge in [0.25, 0.3) is 0 Å². The van der Waals surface area contributed by atoms with Gasteiger partial charge in [0.2, 0.25) is 0 Å². The lowest BCUT2D eigenvalue weighted by Crippen LogP contribution is -2.52. The third-order valence-corrected chi connectivity index (χ3v) is 4.01. The van der Waals surface area contributed by atoms with Crippen molar-refractivity contribution in [3.05, 3.63) is 0 Å². The molecule has 0 aromatic carbocycles. The topological polar surface area (TPSA) is 21.3 Å². The van der Waals surface area contributed by atoms with E-state index in [1.807, 2.05) is 0 Å². The fourth-order valence-corrected chi connectivity index (χ4v) is 3.46. The van der Waals surface area contributed by atoms with Crippen molar-refractivity contribution in [2.75, 3.05) is 19.7 Å². The predicted molar refractivity (Wildman–Crippen MR) is 47.0 cm³/mol. The molecule has 2 aliphatic carbocycles. The molecule has 1 spiro atoms. The summed E-state index contributed by atoms with van der Waals surface area (Å²) in [5.74, 6) is 1.88. The Balaban J connectivity index is 1.81. The van der Waals surface area contributed by atoms with Gasteiger partial charge in [-0.15, -0.1) is 0 Å². The zero-order valence-electron chi connectivity index (χ0n) is 7.51. The van der Waals surface area contributed by atoms with E-state index in [0.29, 0.717) is 0 Å². The van der Waals surface area contributed by atoms with E-state index in [0.717, 1.165) is 31.5 Å². The molecule has 3 rings (SSSR count). The first-order valence-electron chi connectivity index (χ1n) is 5.24. The molecule has 68 valence electrons. The first kappa shape index (κ1) is 7.34. The highest BCUT2D eigenvalue weighted by atomic mass is 16.5. The zero-order valence-corrected chi connectivity index (χ0v) is 7.51. The average Bonchev–Trinajstić information content (AvgIpc) is 2.65. The molecular weight excluding hydrogens is 150 g/mol. The summed E-state index contributed by atoms with van der Waals surface area (Å²) < 4.78 is 6.00. The lowest BCUT2D eigenvalue weighted by atomic mass is 9.83. The molecule has 1 N–H and O–H groups in total. The summed E-state index contributed by atoms with van der Waals surface area (Å²) >= 11 is 0. The van der Waals surface area contributed by atoms with Crippen LogP contribution in [0.15, 0.2) is 0 Å². The number of morpholine rings is 1. The summed E-state index contributed by atoms with van der Waals surface area (Å²) in [5, 5.41) is 3.48. The molecule has 3 aliphatic rings. The Kier molecular flexibility index (Phi) is 1.50. The van der Waals surface area contributed by atoms with Crippen LogP contribution in [0.3, 0.4) is 0 Å². The number of rotatable bonds is 0. The van der Waals surface area contributed by atoms with Gasteiger partial charge in [-0.25, -0.2) is 0 Å². The predicted octanol–water partition coefficient (Wildman–Crippen LogP) is 1.16. The van der Waals surface area contributed by atoms with E-state index in [-0.39, 0.29) is 5.60 Å². The fraction of sp³-hybridized carbons (Fsp3) is 1.00. The minimum absolute atomic E-state index is 0.279. The number of fused-ring (bicyclic) bond motifs is 3. The van der Waals surface area contributed by atoms with E-state index in [1.54, 1.807) is 0 Å². The van der Waals surface area contributed by atoms with Crippen LogP contribution in [0.5, 0.6) is 0 Å². The van der Waals surface area contributed by atoms with Crippen molar-refractivity contribution in [2.45, 2.75) is 31.3 Å². The average molecular weight is 167 g/mol. The Morgan fingerprint density at radius 2 is 2.33 bits per heavy atom. The molecule has 3 atom stereocenters. The van der Waals surface area contributed by atoms with Crippen LogP contribution in [0.25, 0.3) is 0 Å². The molecule has 3 fully saturated rings. The van der Waals surface area contributed by atoms with Gasteiger partial charge >= 0.3 is 0 Å². The van der Waals surface area contributed by atoms with Gasteiger partial charge in [-0.3, -0.25) is 0 Å². The maximum absolute atomic E-state index is 6.00. The Bertz CT molecular complexity index is 186. The van der Waals surface area contributed by atoms with Crippen LogP contribution in [0, 0.1) is 11.8 Å². The highest BCUT2D eigenvalue weighted by molar-refractivity contribution is 5.04. The molecule has 2 saturated carbocycles. The van der Waals surface area contributed by atoms with Crippen LogP contribution in [0.4, 0.5) is 0 Å². The van der Waals surface area contributed by atoms with E-state index < -0.39 is 0 Å². The van der Waals surface area contributed by atoms with Crippen LogP contribution < -0.4 is 5.32 Å². The molecule has 0 radical (unpaired) electrons. The number of ether oxygens (including phenoxy) is 1. The molecule has 2 nitrogen and oxygen atoms in total. The summed E-state index contributed by atoms with van der Waals surface area (Å²) in [6, 6.07) is 0. The molecule has 0 amide bonds. The van der Waals surface area contributed by atoms with Gasteiger partial charge in [0, 0.05) is 13.1 Å². The second-order valence-corrected chi connectivity index (χ2v) is 4.67. The number of nitrogens with one attached hydrogen (secondary N) is 1. The lowest BCUT2D eigenvalue weighted by Gasteiger charge is -2.41. The number of hydrogen-bond donors (Lipinski definition) is 1. The van der Waals surface area contributed by atoms with Gasteiger partial charge in [-0.1, -0.05) is 0 Å². The Morgan fingerprint density at radius 3 is 2.92 bits per heavy atom. The molecule has 12 heavy (non-hydrogen) atoms. The van der Waals surface area contributed by atoms with E-state index in [1.165, 1.54) is 25.7 Å². The summed E-state index contributed by atoms with van der Waals surface area (Å²) in [6.07, 6.45) is 5.68. The first-order valence-corrected chi connectivity index (χ1v) is 5.24. The minimum Gasteiger partial charge on any atom is -0.372 e. The quantitative estimate of drug-likeness (QED) is 0.584. The fourth-order valence-electron chi connectivity index (χ4n) is 3.46. The largest absolute Gasteiger partial charge is 0.372 e. The van der Waals surface area contributed by atoms with Crippen molar-refractivity contribution in [1.82, 2.24) is 5.32 Å². The van der Waals surface area contributed by atoms with Gasteiger partial charge in [0.05, 0.1) is 12.2 Å². The van der Waals surface area contributed by atoms with Crippen LogP contribution in [0.2, 0.25) is 0 Å². The van der Waals surface area contributed by atoms with E-state index >= 15 is 0 Å². The molecule has 2 bridgehead atoms. The van der Waals surface area contributed by atoms with E-state index in [9.17, 15) is 0 Å². The lowest BCUT2D eigenvalue weighted by molar-refractivity contribution is -0.0999. The molecule has 1 heterocycles. The van der Waals surface area contributed by atoms with Crippen molar-refractivity contribution in [2.24, 2.45) is 11.8 Å². The zero-order chi connectivity index (χ0) is 8.02. The Hall–Kier alpha value is -0.0800. The molecule has 1 aliphatic heterocycles. The molecule has 0 unspecified atom stereocenters. The van der Waals surface area contributed by atoms with Gasteiger partial charge in [-0.2, -0.15) is 0 Å². The second kappa shape index (κ2) is 2.46. The van der Waals surface area contributed by atoms with Crippen LogP contribution in [-0.4, -0.2) is 25.3 Å². The first-order chi connectivity index (χ1) is 5.89. The van der Waals surface area contributed by atoms with Crippen LogP contribution in [-0.2, 0) is 4.74 Å². The van der Waals surface area contributed by atoms with E-state index in [2.05, 4.69) is 5.32 Å². The highest BCUT2D eigenvalue weighted by Crippen LogP contribution is 2.52. The number of hydrogen-bond acceptors (Lipinski definition) is 2. The maximum atomic E-state index is 6.00. The monoisotopic (exact) mass is 167 g/mol. The van der Waals surface area contributed by atoms with Gasteiger partial charge in [0.15, 0.2) is 0 Å². The van der Waals surface area contributed by atoms with Crippen molar-refractivity contribution < 1.29 is 4.74 Å². The molecule has 0 aromatic heterocycles. The summed E-state index contributed by atoms with van der Waals surface area (Å²) in [6.45, 7) is 3.11.